The first-order valence-electron chi connectivity index (χ1n) is 6.50. The van der Waals surface area contributed by atoms with Crippen molar-refractivity contribution >= 4 is 11.9 Å². The summed E-state index contributed by atoms with van der Waals surface area (Å²) >= 11 is 0. The Kier molecular flexibility index (Phi) is 4.95. The number of hydrogen-bond acceptors (Lipinski definition) is 5. The Hall–Kier alpha value is -2.08. The van der Waals surface area contributed by atoms with Gasteiger partial charge in [0.15, 0.2) is 6.61 Å². The number of para-hydroxylation sites is 1. The van der Waals surface area contributed by atoms with E-state index in [0.29, 0.717) is 6.54 Å². The van der Waals surface area contributed by atoms with Crippen LogP contribution in [0.2, 0.25) is 0 Å². The summed E-state index contributed by atoms with van der Waals surface area (Å²) in [6, 6.07) is 6.02. The summed E-state index contributed by atoms with van der Waals surface area (Å²) in [5.74, 6) is -1.28. The van der Waals surface area contributed by atoms with Crippen molar-refractivity contribution in [2.75, 3.05) is 19.8 Å². The molecule has 6 heteroatoms. The third kappa shape index (κ3) is 3.96. The topological polar surface area (TPSA) is 84.9 Å². The molecule has 0 saturated carbocycles. The smallest absolute Gasteiger partial charge is 0.342 e. The van der Waals surface area contributed by atoms with Crippen molar-refractivity contribution < 1.29 is 24.2 Å². The number of phenolic OH excluding ortho intramolecular Hbond substituents is 1. The van der Waals surface area contributed by atoms with Crippen molar-refractivity contribution in [3.05, 3.63) is 29.8 Å². The molecule has 0 spiro atoms. The minimum Gasteiger partial charge on any atom is -0.507 e. The predicted molar refractivity (Wildman–Crippen MR) is 70.4 cm³/mol. The lowest BCUT2D eigenvalue weighted by Gasteiger charge is -2.11. The first-order valence-corrected chi connectivity index (χ1v) is 6.50. The van der Waals surface area contributed by atoms with E-state index in [1.165, 1.54) is 12.1 Å². The molecule has 1 heterocycles. The van der Waals surface area contributed by atoms with E-state index in [2.05, 4.69) is 5.32 Å². The SMILES string of the molecule is O=C(COC(=O)c1ccccc1O)NCC1CCCO1. The van der Waals surface area contributed by atoms with Crippen molar-refractivity contribution in [3.63, 3.8) is 0 Å². The summed E-state index contributed by atoms with van der Waals surface area (Å²) in [5.41, 5.74) is 0.0411. The average molecular weight is 279 g/mol. The zero-order valence-corrected chi connectivity index (χ0v) is 11.0. The van der Waals surface area contributed by atoms with Crippen LogP contribution in [0.1, 0.15) is 23.2 Å². The summed E-state index contributed by atoms with van der Waals surface area (Å²) in [6.45, 7) is 0.773. The molecule has 1 aromatic carbocycles. The molecule has 1 atom stereocenters. The molecule has 20 heavy (non-hydrogen) atoms. The maximum atomic E-state index is 11.6. The van der Waals surface area contributed by atoms with Crippen LogP contribution < -0.4 is 5.32 Å². The quantitative estimate of drug-likeness (QED) is 0.780. The van der Waals surface area contributed by atoms with Gasteiger partial charge in [0.2, 0.25) is 0 Å². The predicted octanol–water partition coefficient (Wildman–Crippen LogP) is 0.844. The van der Waals surface area contributed by atoms with Gasteiger partial charge in [-0.2, -0.15) is 0 Å². The second-order valence-corrected chi connectivity index (χ2v) is 4.53. The molecule has 108 valence electrons. The summed E-state index contributed by atoms with van der Waals surface area (Å²) in [6.07, 6.45) is 1.98. The van der Waals surface area contributed by atoms with Gasteiger partial charge in [0.1, 0.15) is 11.3 Å². The fourth-order valence-electron chi connectivity index (χ4n) is 1.94. The van der Waals surface area contributed by atoms with Gasteiger partial charge in [-0.25, -0.2) is 4.79 Å². The lowest BCUT2D eigenvalue weighted by molar-refractivity contribution is -0.124. The number of nitrogens with one attached hydrogen (secondary N) is 1. The van der Waals surface area contributed by atoms with E-state index in [9.17, 15) is 14.7 Å². The molecular weight excluding hydrogens is 262 g/mol. The number of hydrogen-bond donors (Lipinski definition) is 2. The number of esters is 1. The molecule has 2 rings (SSSR count). The largest absolute Gasteiger partial charge is 0.507 e. The number of ether oxygens (including phenoxy) is 2. The minimum absolute atomic E-state index is 0.0411. The lowest BCUT2D eigenvalue weighted by Crippen LogP contribution is -2.34. The number of amides is 1. The van der Waals surface area contributed by atoms with Gasteiger partial charge in [0.05, 0.1) is 6.10 Å². The maximum absolute atomic E-state index is 11.6. The molecule has 1 fully saturated rings. The standard InChI is InChI=1S/C14H17NO5/c16-12-6-2-1-5-11(12)14(18)20-9-13(17)15-8-10-4-3-7-19-10/h1-2,5-6,10,16H,3-4,7-9H2,(H,15,17). The average Bonchev–Trinajstić information content (AvgIpc) is 2.96. The van der Waals surface area contributed by atoms with Gasteiger partial charge in [-0.15, -0.1) is 0 Å². The van der Waals surface area contributed by atoms with E-state index >= 15 is 0 Å². The van der Waals surface area contributed by atoms with Gasteiger partial charge in [-0.3, -0.25) is 4.79 Å². The Labute approximate surface area is 116 Å². The van der Waals surface area contributed by atoms with E-state index in [4.69, 9.17) is 9.47 Å². The third-order valence-electron chi connectivity index (χ3n) is 3.01. The number of rotatable bonds is 5. The first kappa shape index (κ1) is 14.3. The molecule has 0 aliphatic carbocycles. The molecule has 1 amide bonds. The zero-order valence-electron chi connectivity index (χ0n) is 11.0. The van der Waals surface area contributed by atoms with Crippen LogP contribution in [-0.2, 0) is 14.3 Å². The van der Waals surface area contributed by atoms with Crippen molar-refractivity contribution in [1.29, 1.82) is 0 Å². The molecule has 1 saturated heterocycles. The highest BCUT2D eigenvalue weighted by Gasteiger charge is 2.17. The highest BCUT2D eigenvalue weighted by molar-refractivity contribution is 5.93. The molecule has 1 unspecified atom stereocenters. The van der Waals surface area contributed by atoms with Gasteiger partial charge in [0, 0.05) is 13.2 Å². The van der Waals surface area contributed by atoms with Gasteiger partial charge in [0.25, 0.3) is 5.91 Å². The van der Waals surface area contributed by atoms with E-state index in [-0.39, 0.29) is 29.9 Å². The number of carbonyl (C=O) groups is 2. The molecule has 0 aromatic heterocycles. The molecule has 6 nitrogen and oxygen atoms in total. The highest BCUT2D eigenvalue weighted by atomic mass is 16.5. The second kappa shape index (κ2) is 6.91. The number of carbonyl (C=O) groups excluding carboxylic acids is 2. The van der Waals surface area contributed by atoms with Crippen LogP contribution in [0.5, 0.6) is 5.75 Å². The minimum atomic E-state index is -0.727. The Balaban J connectivity index is 1.72. The summed E-state index contributed by atoms with van der Waals surface area (Å²) in [7, 11) is 0. The van der Waals surface area contributed by atoms with Crippen LogP contribution in [0.15, 0.2) is 24.3 Å². The lowest BCUT2D eigenvalue weighted by atomic mass is 10.2. The van der Waals surface area contributed by atoms with E-state index in [1.807, 2.05) is 0 Å². The molecule has 1 aromatic rings. The monoisotopic (exact) mass is 279 g/mol. The van der Waals surface area contributed by atoms with Crippen LogP contribution in [0.25, 0.3) is 0 Å². The van der Waals surface area contributed by atoms with Crippen LogP contribution in [0.3, 0.4) is 0 Å². The van der Waals surface area contributed by atoms with Crippen LogP contribution in [-0.4, -0.2) is 42.8 Å². The molecule has 2 N–H and O–H groups in total. The molecule has 0 radical (unpaired) electrons. The molecule has 1 aliphatic heterocycles. The second-order valence-electron chi connectivity index (χ2n) is 4.53. The normalized spacial score (nSPS) is 17.7. The fraction of sp³-hybridized carbons (Fsp3) is 0.429. The van der Waals surface area contributed by atoms with E-state index < -0.39 is 5.97 Å². The fourth-order valence-corrected chi connectivity index (χ4v) is 1.94. The third-order valence-corrected chi connectivity index (χ3v) is 3.01. The molecular formula is C14H17NO5. The van der Waals surface area contributed by atoms with Crippen molar-refractivity contribution in [2.45, 2.75) is 18.9 Å². The van der Waals surface area contributed by atoms with Crippen molar-refractivity contribution in [1.82, 2.24) is 5.32 Å². The van der Waals surface area contributed by atoms with E-state index in [0.717, 1.165) is 19.4 Å². The number of phenols is 1. The van der Waals surface area contributed by atoms with Crippen LogP contribution in [0.4, 0.5) is 0 Å². The first-order chi connectivity index (χ1) is 9.66. The zero-order chi connectivity index (χ0) is 14.4. The van der Waals surface area contributed by atoms with Crippen LogP contribution >= 0.6 is 0 Å². The summed E-state index contributed by atoms with van der Waals surface area (Å²) in [4.78, 5) is 23.2. The van der Waals surface area contributed by atoms with Gasteiger partial charge < -0.3 is 19.9 Å². The van der Waals surface area contributed by atoms with Crippen molar-refractivity contribution in [3.8, 4) is 5.75 Å². The number of benzene rings is 1. The van der Waals surface area contributed by atoms with Gasteiger partial charge >= 0.3 is 5.97 Å². The van der Waals surface area contributed by atoms with Crippen LogP contribution in [0, 0.1) is 0 Å². The summed E-state index contributed by atoms with van der Waals surface area (Å²) in [5, 5.41) is 12.1. The Bertz CT molecular complexity index is 482. The Morgan fingerprint density at radius 1 is 1.40 bits per heavy atom. The maximum Gasteiger partial charge on any atom is 0.342 e. The molecule has 1 aliphatic rings. The van der Waals surface area contributed by atoms with Gasteiger partial charge in [-0.1, -0.05) is 12.1 Å². The number of aromatic hydroxyl groups is 1. The van der Waals surface area contributed by atoms with Gasteiger partial charge in [-0.05, 0) is 25.0 Å². The Morgan fingerprint density at radius 3 is 2.90 bits per heavy atom. The summed E-state index contributed by atoms with van der Waals surface area (Å²) < 4.78 is 10.2. The Morgan fingerprint density at radius 2 is 2.20 bits per heavy atom. The molecule has 0 bridgehead atoms. The highest BCUT2D eigenvalue weighted by Crippen LogP contribution is 2.16. The van der Waals surface area contributed by atoms with E-state index in [1.54, 1.807) is 12.1 Å². The van der Waals surface area contributed by atoms with Crippen molar-refractivity contribution in [2.24, 2.45) is 0 Å².